The first-order chi connectivity index (χ1) is 26.9. The van der Waals surface area contributed by atoms with Gasteiger partial charge in [0, 0.05) is 10.9 Å². The number of carbonyl (C=O) groups is 2. The first-order valence-electron chi connectivity index (χ1n) is 18.2. The van der Waals surface area contributed by atoms with Gasteiger partial charge in [0.15, 0.2) is 0 Å². The number of carboxylic acids is 2. The van der Waals surface area contributed by atoms with E-state index in [0.29, 0.717) is 42.4 Å². The van der Waals surface area contributed by atoms with E-state index in [9.17, 15) is 30.0 Å². The zero-order valence-corrected chi connectivity index (χ0v) is 31.5. The maximum absolute atomic E-state index is 10.4. The van der Waals surface area contributed by atoms with Crippen LogP contribution in [0.4, 0.5) is 0 Å². The minimum absolute atomic E-state index is 0.378. The van der Waals surface area contributed by atoms with Crippen molar-refractivity contribution in [1.29, 1.82) is 0 Å². The lowest BCUT2D eigenvalue weighted by Gasteiger charge is -2.40. The second-order valence-corrected chi connectivity index (χ2v) is 14.0. The van der Waals surface area contributed by atoms with Crippen molar-refractivity contribution in [1.82, 2.24) is 0 Å². The molecule has 1 aliphatic heterocycles. The van der Waals surface area contributed by atoms with E-state index < -0.39 is 61.1 Å². The summed E-state index contributed by atoms with van der Waals surface area (Å²) >= 11 is 6.40. The summed E-state index contributed by atoms with van der Waals surface area (Å²) in [7, 11) is 0. The van der Waals surface area contributed by atoms with Crippen LogP contribution in [0, 0.1) is 17.8 Å². The van der Waals surface area contributed by atoms with E-state index in [2.05, 4.69) is 11.8 Å². The fourth-order valence-electron chi connectivity index (χ4n) is 5.65. The molecule has 12 nitrogen and oxygen atoms in total. The topological polar surface area (TPSA) is 226 Å². The smallest absolute Gasteiger partial charge is 0.320 e. The van der Waals surface area contributed by atoms with E-state index in [-0.39, 0.29) is 0 Å². The molecule has 7 atom stereocenters. The summed E-state index contributed by atoms with van der Waals surface area (Å²) in [5.41, 5.74) is 15.1. The van der Waals surface area contributed by atoms with Crippen LogP contribution in [-0.4, -0.2) is 92.3 Å². The Morgan fingerprint density at radius 3 is 1.82 bits per heavy atom. The van der Waals surface area contributed by atoms with Gasteiger partial charge < -0.3 is 51.6 Å². The number of aliphatic carboxylic acids is 2. The van der Waals surface area contributed by atoms with Gasteiger partial charge in [-0.05, 0) is 78.1 Å². The zero-order valence-electron chi connectivity index (χ0n) is 30.7. The van der Waals surface area contributed by atoms with Crippen LogP contribution in [0.3, 0.4) is 0 Å². The fourth-order valence-corrected chi connectivity index (χ4v) is 5.84. The number of nitrogens with two attached hydrogens (primary N) is 2. The molecule has 4 aromatic carbocycles. The minimum Gasteiger partial charge on any atom is -0.481 e. The Bertz CT molecular complexity index is 1820. The zero-order chi connectivity index (χ0) is 40.6. The molecule has 4 aromatic rings. The summed E-state index contributed by atoms with van der Waals surface area (Å²) in [6, 6.07) is 30.0. The minimum atomic E-state index is -1.42. The first kappa shape index (κ1) is 43.9. The van der Waals surface area contributed by atoms with Crippen molar-refractivity contribution in [2.24, 2.45) is 17.4 Å². The molecule has 0 radical (unpaired) electrons. The van der Waals surface area contributed by atoms with Gasteiger partial charge in [0.1, 0.15) is 55.0 Å². The number of carboxylic acid groups (broad SMARTS) is 2. The highest BCUT2D eigenvalue weighted by Gasteiger charge is 2.44. The summed E-state index contributed by atoms with van der Waals surface area (Å²) < 4.78 is 11.3. The summed E-state index contributed by atoms with van der Waals surface area (Å²) in [4.78, 5) is 20.8. The molecule has 0 bridgehead atoms. The Morgan fingerprint density at radius 1 is 0.768 bits per heavy atom. The number of rotatable bonds is 12. The van der Waals surface area contributed by atoms with Crippen LogP contribution in [0.15, 0.2) is 103 Å². The van der Waals surface area contributed by atoms with Gasteiger partial charge in [-0.3, -0.25) is 9.59 Å². The van der Waals surface area contributed by atoms with Gasteiger partial charge in [-0.1, -0.05) is 108 Å². The van der Waals surface area contributed by atoms with Crippen molar-refractivity contribution in [2.45, 2.75) is 74.7 Å². The Labute approximate surface area is 331 Å². The third-order valence-corrected chi connectivity index (χ3v) is 9.40. The molecule has 6 rings (SSSR count). The van der Waals surface area contributed by atoms with Crippen molar-refractivity contribution in [3.63, 3.8) is 0 Å². The maximum atomic E-state index is 10.4. The van der Waals surface area contributed by atoms with Gasteiger partial charge in [-0.25, -0.2) is 0 Å². The quantitative estimate of drug-likeness (QED) is 0.0966. The molecule has 0 spiro atoms. The number of aliphatic hydroxyl groups is 4. The fraction of sp³-hybridized carbons (Fsp3) is 0.349. The predicted molar refractivity (Wildman–Crippen MR) is 211 cm³/mol. The third kappa shape index (κ3) is 14.0. The molecule has 1 heterocycles. The molecule has 2 aliphatic rings. The van der Waals surface area contributed by atoms with E-state index in [0.717, 1.165) is 28.0 Å². The van der Waals surface area contributed by atoms with Gasteiger partial charge in [-0.2, -0.15) is 0 Å². The average molecular weight is 789 g/mol. The molecule has 56 heavy (non-hydrogen) atoms. The van der Waals surface area contributed by atoms with Crippen LogP contribution in [0.1, 0.15) is 46.8 Å². The number of aliphatic hydroxyl groups excluding tert-OH is 4. The highest BCUT2D eigenvalue weighted by molar-refractivity contribution is 6.31. The lowest BCUT2D eigenvalue weighted by Crippen LogP contribution is -2.55. The van der Waals surface area contributed by atoms with Crippen LogP contribution in [-0.2, 0) is 33.6 Å². The van der Waals surface area contributed by atoms with Crippen LogP contribution in [0.5, 0.6) is 5.75 Å². The Hall–Kier alpha value is -4.81. The molecule has 0 aromatic heterocycles. The normalized spacial score (nSPS) is 21.0. The van der Waals surface area contributed by atoms with Crippen LogP contribution in [0.25, 0.3) is 0 Å². The second-order valence-electron chi connectivity index (χ2n) is 13.6. The molecule has 2 fully saturated rings. The summed E-state index contributed by atoms with van der Waals surface area (Å²) in [5, 5.41) is 57.5. The molecule has 13 heteroatoms. The van der Waals surface area contributed by atoms with Crippen LogP contribution >= 0.6 is 11.6 Å². The Balaban J connectivity index is 0.000000236. The highest BCUT2D eigenvalue weighted by atomic mass is 35.5. The number of ether oxygens (including phenoxy) is 2. The molecular formula is C43H49ClN2O10. The number of hydrogen-bond acceptors (Lipinski definition) is 10. The lowest BCUT2D eigenvalue weighted by atomic mass is 9.90. The van der Waals surface area contributed by atoms with Crippen LogP contribution in [0.2, 0.25) is 5.02 Å². The molecule has 1 aliphatic carbocycles. The van der Waals surface area contributed by atoms with E-state index in [1.54, 1.807) is 12.1 Å². The second kappa shape index (κ2) is 22.1. The standard InChI is InChI=1S/C25H27ClO6.2C9H11NO2/c26-20-10-7-17(25-24(30)23(29)22(28)21(14-27)32-25)13-18(20)12-16-5-8-19(9-6-16)31-11-1-2-15-3-4-15;2*10-8(9(11)12)6-7-4-2-1-3-5-7/h5-10,13,15,21-25,27-30H,3-4,11-12,14H2;2*1-5,8H,6,10H2,(H,11,12)/t21-,22-,23+,24-,25+;2*8-/m100/s1. The summed E-state index contributed by atoms with van der Waals surface area (Å²) in [6.45, 7) is -0.0920. The highest BCUT2D eigenvalue weighted by Crippen LogP contribution is 2.34. The van der Waals surface area contributed by atoms with E-state index in [1.807, 2.05) is 91.0 Å². The largest absolute Gasteiger partial charge is 0.481 e. The number of hydrogen-bond donors (Lipinski definition) is 8. The maximum Gasteiger partial charge on any atom is 0.320 e. The molecule has 0 unspecified atom stereocenters. The predicted octanol–water partition coefficient (Wildman–Crippen LogP) is 3.52. The van der Waals surface area contributed by atoms with Crippen molar-refractivity contribution in [3.8, 4) is 17.6 Å². The first-order valence-corrected chi connectivity index (χ1v) is 18.6. The van der Waals surface area contributed by atoms with Gasteiger partial charge in [0.05, 0.1) is 6.61 Å². The SMILES string of the molecule is N[C@@H](Cc1ccccc1)C(=O)O.N[C@@H](Cc1ccccc1)C(=O)O.OC[C@H]1O[C@@H](c2ccc(Cl)c(Cc3ccc(OCC#CC4CC4)cc3)c2)[C@H](O)[C@@H](O)[C@@H]1O. The van der Waals surface area contributed by atoms with Crippen molar-refractivity contribution >= 4 is 23.5 Å². The monoisotopic (exact) mass is 788 g/mol. The molecule has 298 valence electrons. The van der Waals surface area contributed by atoms with Crippen molar-refractivity contribution < 1.29 is 49.7 Å². The van der Waals surface area contributed by atoms with Crippen molar-refractivity contribution in [3.05, 3.63) is 136 Å². The third-order valence-electron chi connectivity index (χ3n) is 9.03. The summed E-state index contributed by atoms with van der Waals surface area (Å²) in [5.74, 6) is 5.59. The van der Waals surface area contributed by atoms with Gasteiger partial charge in [-0.15, -0.1) is 0 Å². The molecule has 1 saturated carbocycles. The van der Waals surface area contributed by atoms with E-state index in [1.165, 1.54) is 12.8 Å². The van der Waals surface area contributed by atoms with E-state index in [4.69, 9.17) is 42.8 Å². The number of halogens is 1. The molecule has 1 saturated heterocycles. The summed E-state index contributed by atoms with van der Waals surface area (Å²) in [6.07, 6.45) is -2.29. The van der Waals surface area contributed by atoms with Gasteiger partial charge >= 0.3 is 11.9 Å². The molecule has 0 amide bonds. The average Bonchev–Trinajstić information content (AvgIpc) is 4.03. The Kier molecular flexibility index (Phi) is 17.3. The van der Waals surface area contributed by atoms with Crippen LogP contribution < -0.4 is 16.2 Å². The van der Waals surface area contributed by atoms with Crippen molar-refractivity contribution in [2.75, 3.05) is 13.2 Å². The lowest BCUT2D eigenvalue weighted by molar-refractivity contribution is -0.231. The molecule has 10 N–H and O–H groups in total. The van der Waals surface area contributed by atoms with E-state index >= 15 is 0 Å². The Morgan fingerprint density at radius 2 is 1.32 bits per heavy atom. The van der Waals surface area contributed by atoms with Gasteiger partial charge in [0.25, 0.3) is 0 Å². The molecular weight excluding hydrogens is 740 g/mol. The van der Waals surface area contributed by atoms with Gasteiger partial charge in [0.2, 0.25) is 0 Å². The number of benzene rings is 4.